The van der Waals surface area contributed by atoms with Crippen LogP contribution in [0, 0.1) is 5.92 Å². The van der Waals surface area contributed by atoms with E-state index in [2.05, 4.69) is 190 Å². The van der Waals surface area contributed by atoms with Crippen molar-refractivity contribution in [3.05, 3.63) is 125 Å². The van der Waals surface area contributed by atoms with E-state index < -0.39 is 0 Å². The summed E-state index contributed by atoms with van der Waals surface area (Å²) in [7, 11) is 0. The van der Waals surface area contributed by atoms with Gasteiger partial charge in [0.15, 0.2) is 0 Å². The molecule has 0 amide bonds. The Morgan fingerprint density at radius 3 is 1.14 bits per heavy atom. The molecule has 3 saturated carbocycles. The predicted octanol–water partition coefficient (Wildman–Crippen LogP) is 13.2. The molecule has 5 aromatic rings. The number of anilines is 6. The summed E-state index contributed by atoms with van der Waals surface area (Å²) >= 11 is 0. The van der Waals surface area contributed by atoms with Gasteiger partial charge in [-0.15, -0.1) is 0 Å². The van der Waals surface area contributed by atoms with Gasteiger partial charge in [-0.2, -0.15) is 0 Å². The Bertz CT molecular complexity index is 2180. The van der Waals surface area contributed by atoms with Crippen LogP contribution in [0.1, 0.15) is 149 Å². The Hall–Kier alpha value is -4.24. The molecule has 0 aromatic heterocycles. The van der Waals surface area contributed by atoms with E-state index in [1.165, 1.54) is 111 Å². The second-order valence-electron chi connectivity index (χ2n) is 22.4. The van der Waals surface area contributed by atoms with Crippen LogP contribution in [-0.4, -0.2) is 6.71 Å². The molecule has 5 aromatic carbocycles. The highest BCUT2D eigenvalue weighted by atomic mass is 15.2. The first-order valence-electron chi connectivity index (χ1n) is 22.0. The van der Waals surface area contributed by atoms with Gasteiger partial charge in [-0.1, -0.05) is 132 Å². The maximum atomic E-state index is 2.68. The third-order valence-electron chi connectivity index (χ3n) is 14.5. The fourth-order valence-electron chi connectivity index (χ4n) is 10.7. The van der Waals surface area contributed by atoms with Crippen molar-refractivity contribution in [1.82, 2.24) is 0 Å². The summed E-state index contributed by atoms with van der Waals surface area (Å²) in [4.78, 5) is 5.30. The van der Waals surface area contributed by atoms with E-state index in [9.17, 15) is 0 Å². The van der Waals surface area contributed by atoms with Crippen molar-refractivity contribution in [2.45, 2.75) is 149 Å². The molecule has 0 unspecified atom stereocenters. The third-order valence-corrected chi connectivity index (χ3v) is 14.5. The molecule has 0 atom stereocenters. The Labute approximate surface area is 345 Å². The average Bonchev–Trinajstić information content (AvgIpc) is 3.16. The molecule has 294 valence electrons. The first-order valence-corrected chi connectivity index (χ1v) is 22.0. The lowest BCUT2D eigenvalue weighted by Crippen LogP contribution is -2.62. The van der Waals surface area contributed by atoms with Crippen LogP contribution in [0.4, 0.5) is 34.1 Å². The van der Waals surface area contributed by atoms with Crippen molar-refractivity contribution in [2.24, 2.45) is 5.92 Å². The topological polar surface area (TPSA) is 6.48 Å². The maximum absolute atomic E-state index is 2.68. The van der Waals surface area contributed by atoms with Gasteiger partial charge in [-0.25, -0.2) is 0 Å². The molecule has 3 fully saturated rings. The molecule has 2 aliphatic heterocycles. The SMILES string of the molecule is CC(C)(C)c1ccc(N2c3ccc(C(C)(C)C)cc3B3c4cc(C(C)(C)C)ccc4N(c4ccc(C(C)(C)C)cc4)c4cc(C56CCC(CC5)CC6)cc2c43)cc1. The van der Waals surface area contributed by atoms with Crippen LogP contribution in [0.5, 0.6) is 0 Å². The van der Waals surface area contributed by atoms with E-state index in [0.29, 0.717) is 0 Å². The van der Waals surface area contributed by atoms with Gasteiger partial charge in [0.2, 0.25) is 0 Å². The van der Waals surface area contributed by atoms with Gasteiger partial charge in [0, 0.05) is 34.1 Å². The first kappa shape index (κ1) is 38.3. The number of rotatable bonds is 3. The summed E-state index contributed by atoms with van der Waals surface area (Å²) in [5.41, 5.74) is 19.6. The lowest BCUT2D eigenvalue weighted by atomic mass is 9.33. The van der Waals surface area contributed by atoms with Crippen LogP contribution >= 0.6 is 0 Å². The normalized spacial score (nSPS) is 20.4. The quantitative estimate of drug-likeness (QED) is 0.166. The average molecular weight is 753 g/mol. The second kappa shape index (κ2) is 12.9. The zero-order valence-corrected chi connectivity index (χ0v) is 37.0. The molecule has 3 heteroatoms. The molecule has 0 spiro atoms. The van der Waals surface area contributed by atoms with Crippen LogP contribution in [0.25, 0.3) is 0 Å². The van der Waals surface area contributed by atoms with E-state index in [1.54, 1.807) is 5.56 Å². The van der Waals surface area contributed by atoms with Gasteiger partial charge < -0.3 is 9.80 Å². The monoisotopic (exact) mass is 753 g/mol. The fourth-order valence-corrected chi connectivity index (χ4v) is 10.7. The highest BCUT2D eigenvalue weighted by Crippen LogP contribution is 2.55. The lowest BCUT2D eigenvalue weighted by Gasteiger charge is -2.49. The summed E-state index contributed by atoms with van der Waals surface area (Å²) in [6, 6.07) is 39.3. The number of benzene rings is 5. The molecule has 2 heterocycles. The van der Waals surface area contributed by atoms with Crippen molar-refractivity contribution in [3.8, 4) is 0 Å². The number of hydrogen-bond donors (Lipinski definition) is 0. The molecular weight excluding hydrogens is 687 g/mol. The van der Waals surface area contributed by atoms with Crippen molar-refractivity contribution >= 4 is 57.2 Å². The van der Waals surface area contributed by atoms with Crippen molar-refractivity contribution in [3.63, 3.8) is 0 Å². The standard InChI is InChI=1S/C54H65BN2/c1-50(2,3)36-13-19-41(20-14-36)56-45-23-17-38(52(7,8)9)31-43(45)55-44-32-39(53(10,11)12)18-24-46(44)57(42-21-15-37(16-22-42)51(4,5)6)48-34-40(33-47(56)49(48)55)54-28-25-35(26-29-54)27-30-54/h13-24,31-35H,25-30H2,1-12H3. The van der Waals surface area contributed by atoms with E-state index in [-0.39, 0.29) is 33.8 Å². The molecular formula is C54H65BN2. The Morgan fingerprint density at radius 2 is 0.789 bits per heavy atom. The molecule has 0 radical (unpaired) electrons. The van der Waals surface area contributed by atoms with Crippen molar-refractivity contribution in [1.29, 1.82) is 0 Å². The predicted molar refractivity (Wildman–Crippen MR) is 248 cm³/mol. The van der Waals surface area contributed by atoms with Crippen molar-refractivity contribution in [2.75, 3.05) is 9.80 Å². The van der Waals surface area contributed by atoms with E-state index in [1.807, 2.05) is 0 Å². The summed E-state index contributed by atoms with van der Waals surface area (Å²) < 4.78 is 0. The minimum absolute atomic E-state index is 0.0196. The van der Waals surface area contributed by atoms with Gasteiger partial charge in [0.25, 0.3) is 6.71 Å². The molecule has 3 aliphatic carbocycles. The van der Waals surface area contributed by atoms with Crippen LogP contribution in [0.15, 0.2) is 97.1 Å². The van der Waals surface area contributed by atoms with E-state index in [0.717, 1.165) is 5.92 Å². The molecule has 10 rings (SSSR count). The van der Waals surface area contributed by atoms with Crippen LogP contribution in [0.3, 0.4) is 0 Å². The van der Waals surface area contributed by atoms with Gasteiger partial charge >= 0.3 is 0 Å². The van der Waals surface area contributed by atoms with Gasteiger partial charge in [-0.3, -0.25) is 0 Å². The summed E-state index contributed by atoms with van der Waals surface area (Å²) in [5, 5.41) is 0. The zero-order chi connectivity index (χ0) is 40.4. The highest BCUT2D eigenvalue weighted by molar-refractivity contribution is 7.00. The van der Waals surface area contributed by atoms with Crippen LogP contribution in [0.2, 0.25) is 0 Å². The van der Waals surface area contributed by atoms with Crippen LogP contribution in [-0.2, 0) is 27.1 Å². The number of fused-ring (bicyclic) bond motifs is 7. The highest BCUT2D eigenvalue weighted by Gasteiger charge is 2.47. The largest absolute Gasteiger partial charge is 0.311 e. The summed E-state index contributed by atoms with van der Waals surface area (Å²) in [6.07, 6.45) is 8.00. The lowest BCUT2D eigenvalue weighted by molar-refractivity contribution is 0.136. The molecule has 0 N–H and O–H groups in total. The second-order valence-corrected chi connectivity index (χ2v) is 22.4. The van der Waals surface area contributed by atoms with E-state index in [4.69, 9.17) is 0 Å². The molecule has 57 heavy (non-hydrogen) atoms. The van der Waals surface area contributed by atoms with Gasteiger partial charge in [0.1, 0.15) is 0 Å². The van der Waals surface area contributed by atoms with E-state index >= 15 is 0 Å². The summed E-state index contributed by atoms with van der Waals surface area (Å²) in [6.45, 7) is 28.2. The van der Waals surface area contributed by atoms with Gasteiger partial charge in [-0.05, 0) is 164 Å². The minimum atomic E-state index is 0.0196. The Kier molecular flexibility index (Phi) is 8.65. The van der Waals surface area contributed by atoms with Crippen molar-refractivity contribution < 1.29 is 0 Å². The number of nitrogens with zero attached hydrogens (tertiary/aromatic N) is 2. The smallest absolute Gasteiger partial charge is 0.252 e. The molecule has 5 aliphatic rings. The molecule has 0 saturated heterocycles. The Balaban J connectivity index is 1.39. The van der Waals surface area contributed by atoms with Gasteiger partial charge in [0.05, 0.1) is 0 Å². The molecule has 2 nitrogen and oxygen atoms in total. The Morgan fingerprint density at radius 1 is 0.439 bits per heavy atom. The van der Waals surface area contributed by atoms with Crippen LogP contribution < -0.4 is 26.2 Å². The molecule has 2 bridgehead atoms. The third kappa shape index (κ3) is 6.38. The first-order chi connectivity index (χ1) is 26.7. The number of hydrogen-bond acceptors (Lipinski definition) is 2. The summed E-state index contributed by atoms with van der Waals surface area (Å²) in [5.74, 6) is 0.913. The maximum Gasteiger partial charge on any atom is 0.252 e. The fraction of sp³-hybridized carbons (Fsp3) is 0.444. The zero-order valence-electron chi connectivity index (χ0n) is 37.0. The minimum Gasteiger partial charge on any atom is -0.311 e.